The van der Waals surface area contributed by atoms with E-state index in [1.807, 2.05) is 11.8 Å². The lowest BCUT2D eigenvalue weighted by Gasteiger charge is -2.63. The maximum absolute atomic E-state index is 2.68. The molecule has 1 heterocycles. The van der Waals surface area contributed by atoms with Gasteiger partial charge in [0.2, 0.25) is 0 Å². The van der Waals surface area contributed by atoms with Gasteiger partial charge in [-0.15, -0.1) is 0 Å². The highest BCUT2D eigenvalue weighted by atomic mass is 32.2. The molecule has 5 aliphatic carbocycles. The quantitative estimate of drug-likeness (QED) is 0.187. The molecule has 0 radical (unpaired) electrons. The van der Waals surface area contributed by atoms with Gasteiger partial charge in [-0.3, -0.25) is 0 Å². The molecule has 2 heteroatoms. The summed E-state index contributed by atoms with van der Waals surface area (Å²) in [4.78, 5) is 5.56. The molecule has 4 saturated carbocycles. The molecule has 4 fully saturated rings. The predicted molar refractivity (Wildman–Crippen MR) is 210 cm³/mol. The standard InChI is InChI=1S/C48H49NS/c1-46(2)21-22-47(3,4)42-29-37(19-20-40(42)46)49(36-15-9-6-10-16-36)38-28-39(33-13-7-5-8-14-33)45-43(30-38)48(41-17-11-12-18-44(41)50-45)34-24-31-23-32(26-34)27-35(48)25-31/h5-20,28-32,34-35H,21-27H2,1-4H3. The molecule has 0 saturated heterocycles. The Bertz CT molecular complexity index is 2080. The van der Waals surface area contributed by atoms with E-state index in [9.17, 15) is 0 Å². The summed E-state index contributed by atoms with van der Waals surface area (Å²) in [6, 6.07) is 44.6. The zero-order valence-corrected chi connectivity index (χ0v) is 30.9. The molecule has 11 rings (SSSR count). The molecule has 6 aliphatic rings. The molecule has 4 bridgehead atoms. The van der Waals surface area contributed by atoms with Crippen molar-refractivity contribution in [3.8, 4) is 11.1 Å². The Morgan fingerprint density at radius 1 is 0.520 bits per heavy atom. The molecule has 1 spiro atoms. The van der Waals surface area contributed by atoms with Crippen molar-refractivity contribution in [2.45, 2.75) is 98.7 Å². The van der Waals surface area contributed by atoms with Crippen LogP contribution in [0.15, 0.2) is 125 Å². The summed E-state index contributed by atoms with van der Waals surface area (Å²) in [6.45, 7) is 9.78. The second kappa shape index (κ2) is 11.1. The summed E-state index contributed by atoms with van der Waals surface area (Å²) < 4.78 is 0. The molecule has 0 atom stereocenters. The minimum Gasteiger partial charge on any atom is -0.310 e. The molecule has 1 nitrogen and oxygen atoms in total. The first-order valence-electron chi connectivity index (χ1n) is 19.2. The number of benzene rings is 5. The normalized spacial score (nSPS) is 27.8. The first-order chi connectivity index (χ1) is 24.2. The van der Waals surface area contributed by atoms with Crippen LogP contribution in [0.5, 0.6) is 0 Å². The van der Waals surface area contributed by atoms with Crippen molar-refractivity contribution in [2.75, 3.05) is 4.90 Å². The molecule has 0 amide bonds. The summed E-state index contributed by atoms with van der Waals surface area (Å²) in [7, 11) is 0. The molecule has 252 valence electrons. The summed E-state index contributed by atoms with van der Waals surface area (Å²) >= 11 is 2.03. The Morgan fingerprint density at radius 3 is 1.82 bits per heavy atom. The number of fused-ring (bicyclic) bond motifs is 3. The Balaban J connectivity index is 1.26. The summed E-state index contributed by atoms with van der Waals surface area (Å²) in [5.74, 6) is 3.23. The molecule has 5 aromatic rings. The fourth-order valence-electron chi connectivity index (χ4n) is 11.7. The van der Waals surface area contributed by atoms with Crippen LogP contribution >= 0.6 is 11.8 Å². The van der Waals surface area contributed by atoms with Crippen LogP contribution in [0.4, 0.5) is 17.1 Å². The second-order valence-electron chi connectivity index (χ2n) is 17.7. The zero-order chi connectivity index (χ0) is 33.8. The van der Waals surface area contributed by atoms with E-state index in [1.165, 1.54) is 94.1 Å². The Kier molecular flexibility index (Phi) is 6.90. The Morgan fingerprint density at radius 2 is 1.12 bits per heavy atom. The van der Waals surface area contributed by atoms with E-state index >= 15 is 0 Å². The van der Waals surface area contributed by atoms with Gasteiger partial charge in [0.05, 0.1) is 0 Å². The van der Waals surface area contributed by atoms with Gasteiger partial charge in [-0.25, -0.2) is 0 Å². The van der Waals surface area contributed by atoms with E-state index < -0.39 is 0 Å². The summed E-state index contributed by atoms with van der Waals surface area (Å²) in [5.41, 5.74) is 13.1. The van der Waals surface area contributed by atoms with E-state index in [1.54, 1.807) is 11.1 Å². The third kappa shape index (κ3) is 4.52. The van der Waals surface area contributed by atoms with Gasteiger partial charge in [0.15, 0.2) is 0 Å². The lowest BCUT2D eigenvalue weighted by atomic mass is 9.42. The number of anilines is 3. The largest absolute Gasteiger partial charge is 0.310 e. The van der Waals surface area contributed by atoms with Crippen LogP contribution in [0, 0.1) is 23.7 Å². The molecule has 5 aromatic carbocycles. The molecule has 50 heavy (non-hydrogen) atoms. The van der Waals surface area contributed by atoms with Crippen LogP contribution in [-0.2, 0) is 16.2 Å². The average molecular weight is 672 g/mol. The molecule has 0 unspecified atom stereocenters. The van der Waals surface area contributed by atoms with E-state index in [0.717, 1.165) is 11.8 Å². The summed E-state index contributed by atoms with van der Waals surface area (Å²) in [5, 5.41) is 0. The van der Waals surface area contributed by atoms with Crippen molar-refractivity contribution in [1.29, 1.82) is 0 Å². The summed E-state index contributed by atoms with van der Waals surface area (Å²) in [6.07, 6.45) is 9.44. The van der Waals surface area contributed by atoms with Gasteiger partial charge < -0.3 is 4.90 Å². The van der Waals surface area contributed by atoms with Crippen molar-refractivity contribution < 1.29 is 0 Å². The van der Waals surface area contributed by atoms with E-state index in [2.05, 4.69) is 148 Å². The fraction of sp³-hybridized carbons (Fsp3) is 0.375. The smallest absolute Gasteiger partial charge is 0.0471 e. The molecule has 0 aromatic heterocycles. The number of hydrogen-bond acceptors (Lipinski definition) is 2. The maximum Gasteiger partial charge on any atom is 0.0471 e. The lowest BCUT2D eigenvalue weighted by Crippen LogP contribution is -2.57. The highest BCUT2D eigenvalue weighted by Crippen LogP contribution is 2.69. The van der Waals surface area contributed by atoms with Gasteiger partial charge in [-0.05, 0) is 155 Å². The molecule has 1 aliphatic heterocycles. The lowest BCUT2D eigenvalue weighted by molar-refractivity contribution is -0.0443. The van der Waals surface area contributed by atoms with Gasteiger partial charge in [-0.1, -0.05) is 112 Å². The van der Waals surface area contributed by atoms with Gasteiger partial charge in [0.25, 0.3) is 0 Å². The van der Waals surface area contributed by atoms with Gasteiger partial charge in [0.1, 0.15) is 0 Å². The third-order valence-corrected chi connectivity index (χ3v) is 15.2. The van der Waals surface area contributed by atoms with Crippen molar-refractivity contribution in [1.82, 2.24) is 0 Å². The fourth-order valence-corrected chi connectivity index (χ4v) is 13.0. The highest BCUT2D eigenvalue weighted by molar-refractivity contribution is 7.99. The molecule has 0 N–H and O–H groups in total. The van der Waals surface area contributed by atoms with Crippen molar-refractivity contribution in [3.63, 3.8) is 0 Å². The van der Waals surface area contributed by atoms with E-state index in [-0.39, 0.29) is 16.2 Å². The minimum atomic E-state index is 0.0639. The van der Waals surface area contributed by atoms with Gasteiger partial charge >= 0.3 is 0 Å². The van der Waals surface area contributed by atoms with Gasteiger partial charge in [0, 0.05) is 32.3 Å². The van der Waals surface area contributed by atoms with E-state index in [0.29, 0.717) is 11.8 Å². The van der Waals surface area contributed by atoms with Crippen molar-refractivity contribution >= 4 is 28.8 Å². The number of nitrogens with zero attached hydrogens (tertiary/aromatic N) is 1. The van der Waals surface area contributed by atoms with Crippen LogP contribution in [0.2, 0.25) is 0 Å². The highest BCUT2D eigenvalue weighted by Gasteiger charge is 2.61. The van der Waals surface area contributed by atoms with Crippen LogP contribution < -0.4 is 4.90 Å². The topological polar surface area (TPSA) is 3.24 Å². The number of rotatable bonds is 4. The van der Waals surface area contributed by atoms with Crippen LogP contribution in [-0.4, -0.2) is 0 Å². The Labute approximate surface area is 303 Å². The van der Waals surface area contributed by atoms with Crippen LogP contribution in [0.25, 0.3) is 11.1 Å². The number of hydrogen-bond donors (Lipinski definition) is 0. The second-order valence-corrected chi connectivity index (χ2v) is 18.7. The van der Waals surface area contributed by atoms with Crippen molar-refractivity contribution in [3.05, 3.63) is 138 Å². The monoisotopic (exact) mass is 671 g/mol. The first-order valence-corrected chi connectivity index (χ1v) is 20.1. The first kappa shape index (κ1) is 31.0. The minimum absolute atomic E-state index is 0.0639. The number of para-hydroxylation sites is 1. The Hall–Kier alpha value is -3.75. The van der Waals surface area contributed by atoms with Crippen LogP contribution in [0.3, 0.4) is 0 Å². The van der Waals surface area contributed by atoms with Crippen LogP contribution in [0.1, 0.15) is 94.9 Å². The molecular formula is C48H49NS. The maximum atomic E-state index is 2.68. The molecular weight excluding hydrogens is 623 g/mol. The third-order valence-electron chi connectivity index (χ3n) is 13.9. The SMILES string of the molecule is CC1(C)CCC(C)(C)c2cc(N(c3ccccc3)c3cc(-c4ccccc4)c4c(c3)C3(c5ccccc5S4)C4CC5CC(C4)CC3C5)ccc21. The average Bonchev–Trinajstić information content (AvgIpc) is 3.12. The van der Waals surface area contributed by atoms with Crippen molar-refractivity contribution in [2.24, 2.45) is 23.7 Å². The zero-order valence-electron chi connectivity index (χ0n) is 30.1. The van der Waals surface area contributed by atoms with Gasteiger partial charge in [-0.2, -0.15) is 0 Å². The van der Waals surface area contributed by atoms with E-state index in [4.69, 9.17) is 0 Å². The predicted octanol–water partition coefficient (Wildman–Crippen LogP) is 13.4.